The Bertz CT molecular complexity index is 357. The highest BCUT2D eigenvalue weighted by molar-refractivity contribution is 7.09. The van der Waals surface area contributed by atoms with Crippen LogP contribution in [-0.2, 0) is 5.41 Å². The van der Waals surface area contributed by atoms with Gasteiger partial charge in [-0.3, -0.25) is 0 Å². The van der Waals surface area contributed by atoms with Crippen LogP contribution >= 0.6 is 11.3 Å². The molecule has 0 aliphatic rings. The van der Waals surface area contributed by atoms with E-state index < -0.39 is 6.10 Å². The van der Waals surface area contributed by atoms with Crippen LogP contribution in [0.4, 0.5) is 0 Å². The summed E-state index contributed by atoms with van der Waals surface area (Å²) in [6, 6.07) is 0. The van der Waals surface area contributed by atoms with Crippen molar-refractivity contribution in [3.05, 3.63) is 16.1 Å². The zero-order chi connectivity index (χ0) is 13.3. The largest absolute Gasteiger partial charge is 0.387 e. The summed E-state index contributed by atoms with van der Waals surface area (Å²) in [7, 11) is 0. The molecule has 3 heteroatoms. The summed E-state index contributed by atoms with van der Waals surface area (Å²) in [5, 5.41) is 13.2. The Morgan fingerprint density at radius 2 is 1.82 bits per heavy atom. The average molecular weight is 255 g/mol. The van der Waals surface area contributed by atoms with E-state index in [9.17, 15) is 5.11 Å². The van der Waals surface area contributed by atoms with E-state index in [1.807, 2.05) is 5.38 Å². The molecule has 0 bridgehead atoms. The fourth-order valence-electron chi connectivity index (χ4n) is 1.50. The van der Waals surface area contributed by atoms with Crippen LogP contribution in [0, 0.1) is 5.41 Å². The molecule has 1 aromatic heterocycles. The van der Waals surface area contributed by atoms with Gasteiger partial charge in [0.2, 0.25) is 0 Å². The average Bonchev–Trinajstić information content (AvgIpc) is 2.60. The van der Waals surface area contributed by atoms with E-state index in [1.54, 1.807) is 11.3 Å². The van der Waals surface area contributed by atoms with Crippen molar-refractivity contribution in [1.29, 1.82) is 0 Å². The van der Waals surface area contributed by atoms with E-state index in [-0.39, 0.29) is 10.8 Å². The Balaban J connectivity index is 2.64. The van der Waals surface area contributed by atoms with E-state index >= 15 is 0 Å². The molecule has 0 saturated heterocycles. The van der Waals surface area contributed by atoms with Crippen molar-refractivity contribution in [3.8, 4) is 0 Å². The minimum absolute atomic E-state index is 0.0761. The van der Waals surface area contributed by atoms with Gasteiger partial charge in [-0.25, -0.2) is 4.98 Å². The molecule has 0 saturated carbocycles. The van der Waals surface area contributed by atoms with Crippen LogP contribution in [0.25, 0.3) is 0 Å². The molecule has 98 valence electrons. The van der Waals surface area contributed by atoms with Gasteiger partial charge in [0.25, 0.3) is 0 Å². The fourth-order valence-corrected chi connectivity index (χ4v) is 2.46. The third kappa shape index (κ3) is 4.76. The lowest BCUT2D eigenvalue weighted by Gasteiger charge is -2.19. The lowest BCUT2D eigenvalue weighted by atomic mass is 9.89. The monoisotopic (exact) mass is 255 g/mol. The van der Waals surface area contributed by atoms with Crippen LogP contribution in [0.15, 0.2) is 5.38 Å². The minimum atomic E-state index is -0.415. The summed E-state index contributed by atoms with van der Waals surface area (Å²) in [5.41, 5.74) is 1.18. The van der Waals surface area contributed by atoms with Gasteiger partial charge >= 0.3 is 0 Å². The number of rotatable bonds is 3. The number of hydrogen-bond donors (Lipinski definition) is 1. The number of aliphatic hydroxyl groups excluding tert-OH is 1. The molecular weight excluding hydrogens is 230 g/mol. The highest BCUT2D eigenvalue weighted by atomic mass is 32.1. The van der Waals surface area contributed by atoms with Crippen molar-refractivity contribution in [3.63, 3.8) is 0 Å². The maximum Gasteiger partial charge on any atom is 0.0983 e. The first kappa shape index (κ1) is 14.7. The summed E-state index contributed by atoms with van der Waals surface area (Å²) in [4.78, 5) is 4.55. The zero-order valence-corrected chi connectivity index (χ0v) is 12.7. The van der Waals surface area contributed by atoms with Crippen LogP contribution in [0.2, 0.25) is 0 Å². The van der Waals surface area contributed by atoms with Crippen LogP contribution in [0.3, 0.4) is 0 Å². The van der Waals surface area contributed by atoms with Crippen LogP contribution < -0.4 is 0 Å². The molecule has 0 spiro atoms. The van der Waals surface area contributed by atoms with Crippen molar-refractivity contribution in [2.45, 2.75) is 65.9 Å². The number of aliphatic hydroxyl groups is 1. The van der Waals surface area contributed by atoms with Crippen molar-refractivity contribution in [1.82, 2.24) is 4.98 Å². The second-order valence-electron chi connectivity index (χ2n) is 6.94. The Morgan fingerprint density at radius 3 is 2.24 bits per heavy atom. The highest BCUT2D eigenvalue weighted by Crippen LogP contribution is 2.31. The first-order valence-corrected chi connectivity index (χ1v) is 7.11. The molecule has 0 aliphatic carbocycles. The Kier molecular flexibility index (Phi) is 4.37. The molecule has 0 aliphatic heterocycles. The number of aromatic nitrogens is 1. The van der Waals surface area contributed by atoms with E-state index in [0.717, 1.165) is 23.5 Å². The number of nitrogens with zero attached hydrogens (tertiary/aromatic N) is 1. The Morgan fingerprint density at radius 1 is 1.24 bits per heavy atom. The number of hydrogen-bond acceptors (Lipinski definition) is 3. The van der Waals surface area contributed by atoms with Crippen LogP contribution in [0.1, 0.15) is 71.2 Å². The molecule has 1 rings (SSSR count). The molecule has 1 N–H and O–H groups in total. The molecule has 17 heavy (non-hydrogen) atoms. The van der Waals surface area contributed by atoms with Crippen molar-refractivity contribution >= 4 is 11.3 Å². The SMILES string of the molecule is CC(C)(C)CCC(O)c1csc(C(C)(C)C)n1. The molecule has 1 atom stereocenters. The fraction of sp³-hybridized carbons (Fsp3) is 0.786. The van der Waals surface area contributed by atoms with E-state index in [0.29, 0.717) is 0 Å². The highest BCUT2D eigenvalue weighted by Gasteiger charge is 2.21. The van der Waals surface area contributed by atoms with Gasteiger partial charge in [0.1, 0.15) is 0 Å². The molecule has 0 radical (unpaired) electrons. The minimum Gasteiger partial charge on any atom is -0.387 e. The summed E-state index contributed by atoms with van der Waals surface area (Å²) < 4.78 is 0. The quantitative estimate of drug-likeness (QED) is 0.873. The first-order valence-electron chi connectivity index (χ1n) is 6.23. The lowest BCUT2D eigenvalue weighted by molar-refractivity contribution is 0.143. The molecule has 2 nitrogen and oxygen atoms in total. The third-order valence-corrected chi connectivity index (χ3v) is 3.96. The van der Waals surface area contributed by atoms with Crippen molar-refractivity contribution in [2.24, 2.45) is 5.41 Å². The molecule has 0 amide bonds. The van der Waals surface area contributed by atoms with E-state index in [2.05, 4.69) is 46.5 Å². The normalized spacial score (nSPS) is 15.0. The maximum absolute atomic E-state index is 10.1. The van der Waals surface area contributed by atoms with Crippen molar-refractivity contribution < 1.29 is 5.11 Å². The maximum atomic E-state index is 10.1. The third-order valence-electron chi connectivity index (χ3n) is 2.67. The lowest BCUT2D eigenvalue weighted by Crippen LogP contribution is -2.12. The molecule has 0 fully saturated rings. The Hall–Kier alpha value is -0.410. The molecule has 1 unspecified atom stereocenters. The second kappa shape index (κ2) is 5.07. The standard InChI is InChI=1S/C14H25NOS/c1-13(2,3)8-7-11(16)10-9-17-12(15-10)14(4,5)6/h9,11,16H,7-8H2,1-6H3. The zero-order valence-electron chi connectivity index (χ0n) is 11.9. The van der Waals surface area contributed by atoms with Gasteiger partial charge in [-0.05, 0) is 18.3 Å². The molecule has 1 aromatic rings. The number of thiazole rings is 1. The molecule has 0 aromatic carbocycles. The van der Waals surface area contributed by atoms with Gasteiger partial charge in [0, 0.05) is 10.8 Å². The smallest absolute Gasteiger partial charge is 0.0983 e. The Labute approximate surface area is 109 Å². The first-order chi connectivity index (χ1) is 7.59. The van der Waals surface area contributed by atoms with Gasteiger partial charge in [-0.2, -0.15) is 0 Å². The van der Waals surface area contributed by atoms with Gasteiger partial charge in [-0.15, -0.1) is 11.3 Å². The van der Waals surface area contributed by atoms with Crippen LogP contribution in [-0.4, -0.2) is 10.1 Å². The topological polar surface area (TPSA) is 33.1 Å². The second-order valence-corrected chi connectivity index (χ2v) is 7.80. The molecule has 1 heterocycles. The van der Waals surface area contributed by atoms with E-state index in [4.69, 9.17) is 0 Å². The van der Waals surface area contributed by atoms with Gasteiger partial charge in [-0.1, -0.05) is 41.5 Å². The van der Waals surface area contributed by atoms with Gasteiger partial charge in [0.05, 0.1) is 16.8 Å². The van der Waals surface area contributed by atoms with Gasteiger partial charge in [0.15, 0.2) is 0 Å². The summed E-state index contributed by atoms with van der Waals surface area (Å²) in [6.45, 7) is 13.0. The van der Waals surface area contributed by atoms with Crippen molar-refractivity contribution in [2.75, 3.05) is 0 Å². The van der Waals surface area contributed by atoms with Crippen LogP contribution in [0.5, 0.6) is 0 Å². The van der Waals surface area contributed by atoms with Gasteiger partial charge < -0.3 is 5.11 Å². The molecular formula is C14H25NOS. The predicted molar refractivity (Wildman–Crippen MR) is 74.5 cm³/mol. The summed E-state index contributed by atoms with van der Waals surface area (Å²) in [5.74, 6) is 0. The summed E-state index contributed by atoms with van der Waals surface area (Å²) >= 11 is 1.65. The summed E-state index contributed by atoms with van der Waals surface area (Å²) in [6.07, 6.45) is 1.38. The van der Waals surface area contributed by atoms with E-state index in [1.165, 1.54) is 0 Å². The predicted octanol–water partition coefficient (Wildman–Crippen LogP) is 4.30.